The standard InChI is InChI=1S/C18H29NO2/c1-13-8-9-18(14(2)10-13)21-12-17(20)11-19-15(3)6-5-7-16(19)4/h8-10,15-17,20H,5-7,11-12H2,1-4H3/t15-,16+,17-/m0/s1. The van der Waals surface area contributed by atoms with Gasteiger partial charge in [-0.05, 0) is 52.2 Å². The third kappa shape index (κ3) is 4.45. The first-order valence-corrected chi connectivity index (χ1v) is 8.11. The number of hydrogen-bond acceptors (Lipinski definition) is 3. The van der Waals surface area contributed by atoms with Crippen molar-refractivity contribution < 1.29 is 9.84 Å². The minimum absolute atomic E-state index is 0.361. The highest BCUT2D eigenvalue weighted by atomic mass is 16.5. The molecule has 0 aliphatic carbocycles. The molecule has 1 aromatic carbocycles. The van der Waals surface area contributed by atoms with Crippen molar-refractivity contribution in [3.05, 3.63) is 29.3 Å². The molecule has 0 aromatic heterocycles. The molecule has 0 unspecified atom stereocenters. The van der Waals surface area contributed by atoms with Gasteiger partial charge < -0.3 is 9.84 Å². The minimum Gasteiger partial charge on any atom is -0.491 e. The average Bonchev–Trinajstić information content (AvgIpc) is 2.42. The van der Waals surface area contributed by atoms with Gasteiger partial charge in [-0.25, -0.2) is 0 Å². The van der Waals surface area contributed by atoms with E-state index in [4.69, 9.17) is 4.74 Å². The molecular formula is C18H29NO2. The molecule has 0 spiro atoms. The van der Waals surface area contributed by atoms with Crippen molar-refractivity contribution in [2.45, 2.75) is 65.1 Å². The highest BCUT2D eigenvalue weighted by molar-refractivity contribution is 5.35. The van der Waals surface area contributed by atoms with Crippen LogP contribution in [0.5, 0.6) is 5.75 Å². The van der Waals surface area contributed by atoms with Gasteiger partial charge in [-0.3, -0.25) is 4.90 Å². The molecule has 0 saturated carbocycles. The van der Waals surface area contributed by atoms with Crippen LogP contribution in [0, 0.1) is 13.8 Å². The first-order chi connectivity index (χ1) is 9.97. The molecule has 3 nitrogen and oxygen atoms in total. The van der Waals surface area contributed by atoms with Gasteiger partial charge in [0.15, 0.2) is 0 Å². The van der Waals surface area contributed by atoms with Crippen LogP contribution in [0.15, 0.2) is 18.2 Å². The van der Waals surface area contributed by atoms with E-state index in [1.807, 2.05) is 19.1 Å². The van der Waals surface area contributed by atoms with Crippen molar-refractivity contribution in [1.29, 1.82) is 0 Å². The summed E-state index contributed by atoms with van der Waals surface area (Å²) in [6.45, 7) is 9.70. The summed E-state index contributed by atoms with van der Waals surface area (Å²) in [6, 6.07) is 7.26. The maximum Gasteiger partial charge on any atom is 0.122 e. The Hall–Kier alpha value is -1.06. The normalized spacial score (nSPS) is 24.8. The van der Waals surface area contributed by atoms with E-state index in [9.17, 15) is 5.11 Å². The molecule has 1 aliphatic rings. The summed E-state index contributed by atoms with van der Waals surface area (Å²) < 4.78 is 5.79. The highest BCUT2D eigenvalue weighted by Crippen LogP contribution is 2.23. The van der Waals surface area contributed by atoms with E-state index >= 15 is 0 Å². The topological polar surface area (TPSA) is 32.7 Å². The molecular weight excluding hydrogens is 262 g/mol. The molecule has 0 bridgehead atoms. The van der Waals surface area contributed by atoms with Gasteiger partial charge in [0.2, 0.25) is 0 Å². The van der Waals surface area contributed by atoms with Crippen LogP contribution in [0.1, 0.15) is 44.2 Å². The molecule has 0 amide bonds. The molecule has 21 heavy (non-hydrogen) atoms. The van der Waals surface area contributed by atoms with Gasteiger partial charge in [0.05, 0.1) is 0 Å². The van der Waals surface area contributed by atoms with Crippen LogP contribution in [0.25, 0.3) is 0 Å². The van der Waals surface area contributed by atoms with E-state index in [0.29, 0.717) is 25.2 Å². The van der Waals surface area contributed by atoms with Crippen molar-refractivity contribution >= 4 is 0 Å². The third-order valence-electron chi connectivity index (χ3n) is 4.56. The van der Waals surface area contributed by atoms with Gasteiger partial charge in [0.1, 0.15) is 18.5 Å². The fraction of sp³-hybridized carbons (Fsp3) is 0.667. The van der Waals surface area contributed by atoms with Gasteiger partial charge in [0, 0.05) is 18.6 Å². The van der Waals surface area contributed by atoms with Crippen LogP contribution >= 0.6 is 0 Å². The van der Waals surface area contributed by atoms with Crippen molar-refractivity contribution in [3.8, 4) is 5.75 Å². The molecule has 3 atom stereocenters. The largest absolute Gasteiger partial charge is 0.491 e. The van der Waals surface area contributed by atoms with Gasteiger partial charge in [-0.1, -0.05) is 24.1 Å². The summed E-state index contributed by atoms with van der Waals surface area (Å²) in [5.74, 6) is 0.874. The predicted molar refractivity (Wildman–Crippen MR) is 86.9 cm³/mol. The number of piperidine rings is 1. The molecule has 1 aromatic rings. The molecule has 1 saturated heterocycles. The van der Waals surface area contributed by atoms with Gasteiger partial charge >= 0.3 is 0 Å². The van der Waals surface area contributed by atoms with E-state index in [2.05, 4.69) is 31.7 Å². The second kappa shape index (κ2) is 7.28. The molecule has 1 fully saturated rings. The van der Waals surface area contributed by atoms with E-state index in [1.54, 1.807) is 0 Å². The SMILES string of the molecule is Cc1ccc(OC[C@@H](O)CN2[C@H](C)CCC[C@@H]2C)c(C)c1. The number of ether oxygens (including phenoxy) is 1. The zero-order valence-electron chi connectivity index (χ0n) is 13.8. The number of rotatable bonds is 5. The Morgan fingerprint density at radius 2 is 1.90 bits per heavy atom. The highest BCUT2D eigenvalue weighted by Gasteiger charge is 2.26. The molecule has 2 rings (SSSR count). The number of benzene rings is 1. The summed E-state index contributed by atoms with van der Waals surface area (Å²) in [6.07, 6.45) is 3.33. The molecule has 3 heteroatoms. The quantitative estimate of drug-likeness (QED) is 0.903. The lowest BCUT2D eigenvalue weighted by molar-refractivity contribution is 0.0208. The van der Waals surface area contributed by atoms with E-state index in [0.717, 1.165) is 11.3 Å². The van der Waals surface area contributed by atoms with E-state index in [1.165, 1.54) is 24.8 Å². The van der Waals surface area contributed by atoms with E-state index < -0.39 is 6.10 Å². The smallest absolute Gasteiger partial charge is 0.122 e. The maximum absolute atomic E-state index is 10.3. The van der Waals surface area contributed by atoms with E-state index in [-0.39, 0.29) is 0 Å². The lowest BCUT2D eigenvalue weighted by Crippen LogP contribution is -2.48. The lowest BCUT2D eigenvalue weighted by Gasteiger charge is -2.40. The average molecular weight is 291 g/mol. The van der Waals surface area contributed by atoms with Crippen LogP contribution in [-0.2, 0) is 0 Å². The Morgan fingerprint density at radius 3 is 2.52 bits per heavy atom. The van der Waals surface area contributed by atoms with Crippen molar-refractivity contribution in [3.63, 3.8) is 0 Å². The Bertz CT molecular complexity index is 451. The minimum atomic E-state index is -0.436. The molecule has 1 aliphatic heterocycles. The summed E-state index contributed by atoms with van der Waals surface area (Å²) in [5.41, 5.74) is 2.36. The van der Waals surface area contributed by atoms with Crippen LogP contribution in [0.2, 0.25) is 0 Å². The monoisotopic (exact) mass is 291 g/mol. The third-order valence-corrected chi connectivity index (χ3v) is 4.56. The summed E-state index contributed by atoms with van der Waals surface area (Å²) in [5, 5.41) is 10.3. The fourth-order valence-corrected chi connectivity index (χ4v) is 3.28. The molecule has 1 N–H and O–H groups in total. The number of aryl methyl sites for hydroxylation is 2. The molecule has 0 radical (unpaired) electrons. The Balaban J connectivity index is 1.85. The van der Waals surface area contributed by atoms with Crippen molar-refractivity contribution in [2.24, 2.45) is 0 Å². The Labute approximate surface area is 128 Å². The predicted octanol–water partition coefficient (Wildman–Crippen LogP) is 3.31. The second-order valence-electron chi connectivity index (χ2n) is 6.56. The maximum atomic E-state index is 10.3. The van der Waals surface area contributed by atoms with Gasteiger partial charge in [0.25, 0.3) is 0 Å². The zero-order valence-corrected chi connectivity index (χ0v) is 13.8. The first-order valence-electron chi connectivity index (χ1n) is 8.11. The van der Waals surface area contributed by atoms with Crippen molar-refractivity contribution in [1.82, 2.24) is 4.90 Å². The van der Waals surface area contributed by atoms with Crippen LogP contribution in [-0.4, -0.2) is 41.3 Å². The van der Waals surface area contributed by atoms with Crippen LogP contribution < -0.4 is 4.74 Å². The Morgan fingerprint density at radius 1 is 1.24 bits per heavy atom. The number of aliphatic hydroxyl groups is 1. The molecule has 1 heterocycles. The Kier molecular flexibility index (Phi) is 5.65. The van der Waals surface area contributed by atoms with Gasteiger partial charge in [-0.2, -0.15) is 0 Å². The number of hydrogen-bond donors (Lipinski definition) is 1. The summed E-state index contributed by atoms with van der Waals surface area (Å²) in [7, 11) is 0. The molecule has 118 valence electrons. The first kappa shape index (κ1) is 16.3. The second-order valence-corrected chi connectivity index (χ2v) is 6.56. The summed E-state index contributed by atoms with van der Waals surface area (Å²) >= 11 is 0. The van der Waals surface area contributed by atoms with Crippen LogP contribution in [0.4, 0.5) is 0 Å². The van der Waals surface area contributed by atoms with Crippen molar-refractivity contribution in [2.75, 3.05) is 13.2 Å². The number of nitrogens with zero attached hydrogens (tertiary/aromatic N) is 1. The summed E-state index contributed by atoms with van der Waals surface area (Å²) in [4.78, 5) is 2.42. The zero-order chi connectivity index (χ0) is 15.4. The number of aliphatic hydroxyl groups excluding tert-OH is 1. The fourth-order valence-electron chi connectivity index (χ4n) is 3.28. The number of likely N-dealkylation sites (tertiary alicyclic amines) is 1. The van der Waals surface area contributed by atoms with Gasteiger partial charge in [-0.15, -0.1) is 0 Å². The van der Waals surface area contributed by atoms with Crippen LogP contribution in [0.3, 0.4) is 0 Å². The lowest BCUT2D eigenvalue weighted by atomic mass is 9.97. The number of β-amino-alcohol motifs (C(OH)–C–C–N with tert-alkyl or cyclic N) is 1.